The van der Waals surface area contributed by atoms with Crippen LogP contribution in [0.5, 0.6) is 0 Å². The van der Waals surface area contributed by atoms with Gasteiger partial charge in [0.25, 0.3) is 0 Å². The van der Waals surface area contributed by atoms with Crippen molar-refractivity contribution in [3.05, 3.63) is 10.6 Å². The van der Waals surface area contributed by atoms with Crippen LogP contribution in [0.25, 0.3) is 0 Å². The molecule has 0 bridgehead atoms. The molecule has 0 saturated carbocycles. The number of nitrogens with zero attached hydrogens (tertiary/aromatic N) is 5. The van der Waals surface area contributed by atoms with Crippen molar-refractivity contribution < 1.29 is 4.74 Å². The van der Waals surface area contributed by atoms with Crippen molar-refractivity contribution >= 4 is 29.2 Å². The highest BCUT2D eigenvalue weighted by Crippen LogP contribution is 2.16. The average molecular weight is 260 g/mol. The number of morpholine rings is 1. The number of nitriles is 1. The first-order valence-corrected chi connectivity index (χ1v) is 5.28. The molecule has 1 aromatic rings. The maximum absolute atomic E-state index is 8.76. The summed E-state index contributed by atoms with van der Waals surface area (Å²) in [6.07, 6.45) is -0.483. The summed E-state index contributed by atoms with van der Waals surface area (Å²) in [6, 6.07) is 2.03. The van der Waals surface area contributed by atoms with Crippen LogP contribution >= 0.6 is 23.2 Å². The van der Waals surface area contributed by atoms with E-state index in [1.165, 1.54) is 0 Å². The molecular weight excluding hydrogens is 253 g/mol. The van der Waals surface area contributed by atoms with Gasteiger partial charge in [0, 0.05) is 6.54 Å². The number of rotatable bonds is 1. The van der Waals surface area contributed by atoms with Crippen LogP contribution in [0.3, 0.4) is 0 Å². The number of anilines is 1. The fourth-order valence-corrected chi connectivity index (χ4v) is 1.72. The molecule has 1 aromatic heterocycles. The minimum atomic E-state index is -0.483. The first kappa shape index (κ1) is 11.3. The van der Waals surface area contributed by atoms with Gasteiger partial charge in [-0.2, -0.15) is 20.2 Å². The topological polar surface area (TPSA) is 74.9 Å². The lowest BCUT2D eigenvalue weighted by atomic mass is 10.3. The summed E-state index contributed by atoms with van der Waals surface area (Å²) in [7, 11) is 0. The van der Waals surface area contributed by atoms with Crippen LogP contribution in [-0.2, 0) is 4.74 Å². The first-order valence-electron chi connectivity index (χ1n) is 4.52. The molecule has 1 fully saturated rings. The van der Waals surface area contributed by atoms with Crippen LogP contribution < -0.4 is 4.90 Å². The minimum Gasteiger partial charge on any atom is -0.360 e. The zero-order chi connectivity index (χ0) is 11.5. The van der Waals surface area contributed by atoms with E-state index in [0.29, 0.717) is 25.6 Å². The Morgan fingerprint density at radius 2 is 2.00 bits per heavy atom. The first-order chi connectivity index (χ1) is 7.69. The summed E-state index contributed by atoms with van der Waals surface area (Å²) >= 11 is 11.3. The van der Waals surface area contributed by atoms with Gasteiger partial charge in [0.1, 0.15) is 0 Å². The van der Waals surface area contributed by atoms with E-state index in [1.54, 1.807) is 4.90 Å². The molecule has 8 heteroatoms. The van der Waals surface area contributed by atoms with E-state index in [2.05, 4.69) is 15.0 Å². The van der Waals surface area contributed by atoms with Gasteiger partial charge in [-0.1, -0.05) is 0 Å². The molecule has 6 nitrogen and oxygen atoms in total. The standard InChI is InChI=1S/C8H7Cl2N5O/c9-6-12-7(10)14-8(13-6)15-1-2-16-5(3-11)4-15/h5H,1-2,4H2. The Morgan fingerprint density at radius 1 is 1.31 bits per heavy atom. The van der Waals surface area contributed by atoms with Crippen molar-refractivity contribution in [2.24, 2.45) is 0 Å². The van der Waals surface area contributed by atoms with E-state index in [4.69, 9.17) is 33.2 Å². The zero-order valence-electron chi connectivity index (χ0n) is 8.10. The average Bonchev–Trinajstić information content (AvgIpc) is 2.28. The summed E-state index contributed by atoms with van der Waals surface area (Å²) in [5.74, 6) is 0.369. The van der Waals surface area contributed by atoms with E-state index < -0.39 is 6.10 Å². The second-order valence-electron chi connectivity index (χ2n) is 3.11. The highest BCUT2D eigenvalue weighted by molar-refractivity contribution is 6.31. The van der Waals surface area contributed by atoms with Crippen molar-refractivity contribution in [3.8, 4) is 6.07 Å². The van der Waals surface area contributed by atoms with Crippen molar-refractivity contribution in [1.82, 2.24) is 15.0 Å². The predicted molar refractivity (Wildman–Crippen MR) is 57.4 cm³/mol. The third-order valence-electron chi connectivity index (χ3n) is 2.06. The molecule has 16 heavy (non-hydrogen) atoms. The Kier molecular flexibility index (Phi) is 3.39. The van der Waals surface area contributed by atoms with Gasteiger partial charge in [-0.25, -0.2) is 0 Å². The summed E-state index contributed by atoms with van der Waals surface area (Å²) in [6.45, 7) is 1.43. The second-order valence-corrected chi connectivity index (χ2v) is 3.78. The van der Waals surface area contributed by atoms with Crippen LogP contribution in [0.4, 0.5) is 5.95 Å². The Morgan fingerprint density at radius 3 is 2.62 bits per heavy atom. The fraction of sp³-hybridized carbons (Fsp3) is 0.500. The molecule has 1 saturated heterocycles. The molecule has 1 aliphatic heterocycles. The number of ether oxygens (including phenoxy) is 1. The fourth-order valence-electron chi connectivity index (χ4n) is 1.37. The smallest absolute Gasteiger partial charge is 0.231 e. The van der Waals surface area contributed by atoms with Gasteiger partial charge in [0.2, 0.25) is 16.5 Å². The van der Waals surface area contributed by atoms with Gasteiger partial charge in [0.05, 0.1) is 19.2 Å². The van der Waals surface area contributed by atoms with E-state index in [-0.39, 0.29) is 10.6 Å². The molecule has 0 N–H and O–H groups in total. The lowest BCUT2D eigenvalue weighted by molar-refractivity contribution is 0.0758. The third-order valence-corrected chi connectivity index (χ3v) is 2.40. The number of hydrogen-bond acceptors (Lipinski definition) is 6. The summed E-state index contributed by atoms with van der Waals surface area (Å²) in [5, 5.41) is 8.83. The maximum Gasteiger partial charge on any atom is 0.231 e. The van der Waals surface area contributed by atoms with Crippen LogP contribution in [0, 0.1) is 11.3 Å². The van der Waals surface area contributed by atoms with Gasteiger partial charge >= 0.3 is 0 Å². The lowest BCUT2D eigenvalue weighted by Crippen LogP contribution is -2.42. The quantitative estimate of drug-likeness (QED) is 0.747. The summed E-state index contributed by atoms with van der Waals surface area (Å²) < 4.78 is 5.20. The van der Waals surface area contributed by atoms with Crippen molar-refractivity contribution in [3.63, 3.8) is 0 Å². The molecule has 0 aliphatic carbocycles. The summed E-state index contributed by atoms with van der Waals surface area (Å²) in [5.41, 5.74) is 0. The SMILES string of the molecule is N#CC1CN(c2nc(Cl)nc(Cl)n2)CCO1. The minimum absolute atomic E-state index is 0.0370. The van der Waals surface area contributed by atoms with Crippen molar-refractivity contribution in [2.45, 2.75) is 6.10 Å². The Bertz CT molecular complexity index is 415. The number of halogens is 2. The van der Waals surface area contributed by atoms with E-state index >= 15 is 0 Å². The highest BCUT2D eigenvalue weighted by Gasteiger charge is 2.22. The molecular formula is C8H7Cl2N5O. The third kappa shape index (κ3) is 2.50. The molecule has 84 valence electrons. The lowest BCUT2D eigenvalue weighted by Gasteiger charge is -2.29. The second kappa shape index (κ2) is 4.78. The predicted octanol–water partition coefficient (Wildman–Crippen LogP) is 0.907. The van der Waals surface area contributed by atoms with Crippen LogP contribution in [0.1, 0.15) is 0 Å². The van der Waals surface area contributed by atoms with E-state index in [0.717, 1.165) is 0 Å². The van der Waals surface area contributed by atoms with Gasteiger partial charge in [-0.3, -0.25) is 0 Å². The number of aromatic nitrogens is 3. The molecule has 0 radical (unpaired) electrons. The van der Waals surface area contributed by atoms with Gasteiger partial charge < -0.3 is 9.64 Å². The molecule has 1 unspecified atom stereocenters. The van der Waals surface area contributed by atoms with E-state index in [1.807, 2.05) is 6.07 Å². The molecule has 0 amide bonds. The molecule has 2 heterocycles. The van der Waals surface area contributed by atoms with Crippen molar-refractivity contribution in [1.29, 1.82) is 5.26 Å². The molecule has 1 atom stereocenters. The summed E-state index contributed by atoms with van der Waals surface area (Å²) in [4.78, 5) is 13.3. The van der Waals surface area contributed by atoms with Crippen LogP contribution in [-0.4, -0.2) is 40.8 Å². The molecule has 0 aromatic carbocycles. The van der Waals surface area contributed by atoms with Gasteiger partial charge in [0.15, 0.2) is 6.10 Å². The Labute approximate surface area is 102 Å². The van der Waals surface area contributed by atoms with Gasteiger partial charge in [-0.05, 0) is 23.2 Å². The molecule has 1 aliphatic rings. The normalized spacial score (nSPS) is 20.6. The molecule has 2 rings (SSSR count). The van der Waals surface area contributed by atoms with Crippen molar-refractivity contribution in [2.75, 3.05) is 24.6 Å². The number of hydrogen-bond donors (Lipinski definition) is 0. The largest absolute Gasteiger partial charge is 0.360 e. The Balaban J connectivity index is 2.20. The highest BCUT2D eigenvalue weighted by atomic mass is 35.5. The molecule has 0 spiro atoms. The van der Waals surface area contributed by atoms with Gasteiger partial charge in [-0.15, -0.1) is 0 Å². The van der Waals surface area contributed by atoms with E-state index in [9.17, 15) is 0 Å². The van der Waals surface area contributed by atoms with Crippen LogP contribution in [0.15, 0.2) is 0 Å². The zero-order valence-corrected chi connectivity index (χ0v) is 9.61. The monoisotopic (exact) mass is 259 g/mol. The maximum atomic E-state index is 8.76. The Hall–Kier alpha value is -1.16. The van der Waals surface area contributed by atoms with Crippen LogP contribution in [0.2, 0.25) is 10.6 Å².